The van der Waals surface area contributed by atoms with Crippen molar-refractivity contribution in [2.45, 2.75) is 13.3 Å². The van der Waals surface area contributed by atoms with Crippen LogP contribution in [-0.2, 0) is 11.2 Å². The van der Waals surface area contributed by atoms with Gasteiger partial charge in [0.15, 0.2) is 0 Å². The summed E-state index contributed by atoms with van der Waals surface area (Å²) in [6.45, 7) is 2.08. The molecule has 0 fully saturated rings. The molecule has 3 rings (SSSR count). The topological polar surface area (TPSA) is 50.7 Å². The molecule has 0 saturated carbocycles. The van der Waals surface area contributed by atoms with Crippen LogP contribution >= 0.6 is 11.6 Å². The Morgan fingerprint density at radius 1 is 1.21 bits per heavy atom. The molecule has 1 heterocycles. The SMILES string of the molecule is CCc1ccc(OC)c(/C=C2/N=C(c3ccc(Cl)cc3)NC2=O)c1. The minimum atomic E-state index is -0.232. The smallest absolute Gasteiger partial charge is 0.275 e. The Labute approximate surface area is 145 Å². The maximum atomic E-state index is 12.2. The molecule has 0 aliphatic carbocycles. The highest BCUT2D eigenvalue weighted by molar-refractivity contribution is 6.30. The third kappa shape index (κ3) is 3.34. The van der Waals surface area contributed by atoms with Crippen LogP contribution in [0.1, 0.15) is 23.6 Å². The normalized spacial score (nSPS) is 15.4. The molecule has 0 aromatic heterocycles. The van der Waals surface area contributed by atoms with E-state index in [9.17, 15) is 4.79 Å². The Bertz CT molecular complexity index is 839. The van der Waals surface area contributed by atoms with Gasteiger partial charge in [0.05, 0.1) is 7.11 Å². The van der Waals surface area contributed by atoms with Crippen LogP contribution in [0.5, 0.6) is 5.75 Å². The summed E-state index contributed by atoms with van der Waals surface area (Å²) in [6, 6.07) is 13.1. The Morgan fingerprint density at radius 3 is 2.62 bits per heavy atom. The van der Waals surface area contributed by atoms with Gasteiger partial charge in [0, 0.05) is 16.1 Å². The van der Waals surface area contributed by atoms with E-state index in [1.807, 2.05) is 30.3 Å². The molecule has 0 bridgehead atoms. The average molecular weight is 341 g/mol. The Kier molecular flexibility index (Phi) is 4.67. The third-order valence-corrected chi connectivity index (χ3v) is 4.06. The molecule has 1 aliphatic rings. The molecule has 2 aromatic rings. The van der Waals surface area contributed by atoms with Crippen molar-refractivity contribution in [1.29, 1.82) is 0 Å². The summed E-state index contributed by atoms with van der Waals surface area (Å²) in [5.74, 6) is 1.00. The minimum absolute atomic E-state index is 0.232. The zero-order valence-electron chi connectivity index (χ0n) is 13.5. The van der Waals surface area contributed by atoms with Gasteiger partial charge in [-0.3, -0.25) is 4.79 Å². The van der Waals surface area contributed by atoms with Crippen LogP contribution in [0.25, 0.3) is 6.08 Å². The number of benzene rings is 2. The molecule has 5 heteroatoms. The summed E-state index contributed by atoms with van der Waals surface area (Å²) >= 11 is 5.89. The fraction of sp³-hybridized carbons (Fsp3) is 0.158. The van der Waals surface area contributed by atoms with Crippen molar-refractivity contribution >= 4 is 29.4 Å². The number of halogens is 1. The fourth-order valence-corrected chi connectivity index (χ4v) is 2.60. The lowest BCUT2D eigenvalue weighted by Gasteiger charge is -2.07. The number of rotatable bonds is 4. The second-order valence-electron chi connectivity index (χ2n) is 5.38. The maximum Gasteiger partial charge on any atom is 0.275 e. The molecule has 0 spiro atoms. The maximum absolute atomic E-state index is 12.2. The van der Waals surface area contributed by atoms with Crippen LogP contribution in [0, 0.1) is 0 Å². The fourth-order valence-electron chi connectivity index (χ4n) is 2.48. The van der Waals surface area contributed by atoms with E-state index < -0.39 is 0 Å². The second-order valence-corrected chi connectivity index (χ2v) is 5.82. The standard InChI is InChI=1S/C19H17ClN2O2/c1-3-12-4-9-17(24-2)14(10-12)11-16-19(23)22-18(21-16)13-5-7-15(20)8-6-13/h4-11H,3H2,1-2H3,(H,21,22,23)/b16-11+. The van der Waals surface area contributed by atoms with Crippen molar-refractivity contribution in [1.82, 2.24) is 5.32 Å². The molecule has 1 N–H and O–H groups in total. The number of amidine groups is 1. The zero-order chi connectivity index (χ0) is 17.1. The van der Waals surface area contributed by atoms with E-state index >= 15 is 0 Å². The van der Waals surface area contributed by atoms with Gasteiger partial charge in [0.1, 0.15) is 17.3 Å². The highest BCUT2D eigenvalue weighted by Crippen LogP contribution is 2.25. The highest BCUT2D eigenvalue weighted by atomic mass is 35.5. The largest absolute Gasteiger partial charge is 0.496 e. The first-order valence-electron chi connectivity index (χ1n) is 7.65. The number of nitrogens with one attached hydrogen (secondary N) is 1. The number of hydrogen-bond donors (Lipinski definition) is 1. The van der Waals surface area contributed by atoms with Gasteiger partial charge in [0.2, 0.25) is 0 Å². The summed E-state index contributed by atoms with van der Waals surface area (Å²) < 4.78 is 5.38. The van der Waals surface area contributed by atoms with Crippen LogP contribution in [0.3, 0.4) is 0 Å². The van der Waals surface area contributed by atoms with Crippen molar-refractivity contribution in [3.63, 3.8) is 0 Å². The van der Waals surface area contributed by atoms with E-state index in [2.05, 4.69) is 17.2 Å². The minimum Gasteiger partial charge on any atom is -0.496 e. The van der Waals surface area contributed by atoms with E-state index in [4.69, 9.17) is 16.3 Å². The summed E-state index contributed by atoms with van der Waals surface area (Å²) in [5.41, 5.74) is 3.17. The lowest BCUT2D eigenvalue weighted by molar-refractivity contribution is -0.115. The number of ether oxygens (including phenoxy) is 1. The van der Waals surface area contributed by atoms with Gasteiger partial charge < -0.3 is 10.1 Å². The van der Waals surface area contributed by atoms with E-state index in [-0.39, 0.29) is 5.91 Å². The van der Waals surface area contributed by atoms with Crippen LogP contribution in [-0.4, -0.2) is 18.9 Å². The van der Waals surface area contributed by atoms with Gasteiger partial charge in [-0.05, 0) is 54.5 Å². The van der Waals surface area contributed by atoms with Crippen molar-refractivity contribution in [2.24, 2.45) is 4.99 Å². The molecule has 0 atom stereocenters. The summed E-state index contributed by atoms with van der Waals surface area (Å²) in [6.07, 6.45) is 2.65. The van der Waals surface area contributed by atoms with Gasteiger partial charge in [-0.25, -0.2) is 4.99 Å². The number of methoxy groups -OCH3 is 1. The highest BCUT2D eigenvalue weighted by Gasteiger charge is 2.21. The number of carbonyl (C=O) groups excluding carboxylic acids is 1. The quantitative estimate of drug-likeness (QED) is 0.860. The van der Waals surface area contributed by atoms with Crippen molar-refractivity contribution in [3.8, 4) is 5.75 Å². The van der Waals surface area contributed by atoms with Gasteiger partial charge >= 0.3 is 0 Å². The van der Waals surface area contributed by atoms with E-state index in [0.717, 1.165) is 17.5 Å². The lowest BCUT2D eigenvalue weighted by atomic mass is 10.1. The van der Waals surface area contributed by atoms with Gasteiger partial charge in [-0.15, -0.1) is 0 Å². The molecule has 0 saturated heterocycles. The number of carbonyl (C=O) groups is 1. The van der Waals surface area contributed by atoms with Gasteiger partial charge in [-0.1, -0.05) is 24.6 Å². The zero-order valence-corrected chi connectivity index (χ0v) is 14.2. The lowest BCUT2D eigenvalue weighted by Crippen LogP contribution is -2.24. The van der Waals surface area contributed by atoms with E-state index in [0.29, 0.717) is 22.3 Å². The molecular weight excluding hydrogens is 324 g/mol. The van der Waals surface area contributed by atoms with Crippen molar-refractivity contribution in [3.05, 3.63) is 69.9 Å². The third-order valence-electron chi connectivity index (χ3n) is 3.81. The molecule has 1 aliphatic heterocycles. The first kappa shape index (κ1) is 16.3. The van der Waals surface area contributed by atoms with Gasteiger partial charge in [-0.2, -0.15) is 0 Å². The number of amides is 1. The number of aliphatic imine (C=N–C) groups is 1. The summed E-state index contributed by atoms with van der Waals surface area (Å²) in [7, 11) is 1.61. The Morgan fingerprint density at radius 2 is 1.96 bits per heavy atom. The molecule has 4 nitrogen and oxygen atoms in total. The van der Waals surface area contributed by atoms with Crippen LogP contribution in [0.15, 0.2) is 53.2 Å². The number of hydrogen-bond acceptors (Lipinski definition) is 3. The molecule has 1 amide bonds. The first-order valence-corrected chi connectivity index (χ1v) is 8.03. The van der Waals surface area contributed by atoms with E-state index in [1.165, 1.54) is 5.56 Å². The predicted molar refractivity (Wildman–Crippen MR) is 96.5 cm³/mol. The summed E-state index contributed by atoms with van der Waals surface area (Å²) in [4.78, 5) is 16.6. The van der Waals surface area contributed by atoms with Crippen molar-refractivity contribution < 1.29 is 9.53 Å². The van der Waals surface area contributed by atoms with E-state index in [1.54, 1.807) is 25.3 Å². The second kappa shape index (κ2) is 6.89. The molecule has 122 valence electrons. The summed E-state index contributed by atoms with van der Waals surface area (Å²) in [5, 5.41) is 3.42. The van der Waals surface area contributed by atoms with Crippen molar-refractivity contribution in [2.75, 3.05) is 7.11 Å². The van der Waals surface area contributed by atoms with Crippen LogP contribution < -0.4 is 10.1 Å². The average Bonchev–Trinajstić information content (AvgIpc) is 2.96. The van der Waals surface area contributed by atoms with Crippen LogP contribution in [0.4, 0.5) is 0 Å². The van der Waals surface area contributed by atoms with Crippen LogP contribution in [0.2, 0.25) is 5.02 Å². The molecule has 0 radical (unpaired) electrons. The number of aryl methyl sites for hydroxylation is 1. The first-order chi connectivity index (χ1) is 11.6. The molecule has 24 heavy (non-hydrogen) atoms. The monoisotopic (exact) mass is 340 g/mol. The Hall–Kier alpha value is -2.59. The molecular formula is C19H17ClN2O2. The Balaban J connectivity index is 1.98. The number of nitrogens with zero attached hydrogens (tertiary/aromatic N) is 1. The van der Waals surface area contributed by atoms with Gasteiger partial charge in [0.25, 0.3) is 5.91 Å². The predicted octanol–water partition coefficient (Wildman–Crippen LogP) is 3.83. The molecule has 0 unspecified atom stereocenters. The molecule has 2 aromatic carbocycles.